The Morgan fingerprint density at radius 1 is 1.12 bits per heavy atom. The summed E-state index contributed by atoms with van der Waals surface area (Å²) < 4.78 is 23.2. The van der Waals surface area contributed by atoms with Crippen LogP contribution in [0.2, 0.25) is 0 Å². The van der Waals surface area contributed by atoms with Crippen LogP contribution in [0.25, 0.3) is 0 Å². The van der Waals surface area contributed by atoms with Crippen molar-refractivity contribution < 1.29 is 8.42 Å². The van der Waals surface area contributed by atoms with Gasteiger partial charge >= 0.3 is 0 Å². The first-order valence-corrected chi connectivity index (χ1v) is 8.90. The normalized spacial score (nSPS) is 35.7. The van der Waals surface area contributed by atoms with Crippen LogP contribution in [-0.2, 0) is 9.84 Å². The van der Waals surface area contributed by atoms with E-state index >= 15 is 0 Å². The molecule has 0 aromatic rings. The second-order valence-corrected chi connectivity index (χ2v) is 8.26. The smallest absolute Gasteiger partial charge is 0.150 e. The molecule has 1 N–H and O–H groups in total. The van der Waals surface area contributed by atoms with Gasteiger partial charge in [0.15, 0.2) is 0 Å². The maximum Gasteiger partial charge on any atom is 0.150 e. The number of hydrogen-bond donors (Lipinski definition) is 1. The van der Waals surface area contributed by atoms with E-state index in [9.17, 15) is 8.42 Å². The molecule has 0 aromatic heterocycles. The van der Waals surface area contributed by atoms with E-state index in [1.54, 1.807) is 0 Å². The molecule has 1 aliphatic heterocycles. The largest absolute Gasteiger partial charge is 0.316 e. The lowest BCUT2D eigenvalue weighted by molar-refractivity contribution is 0.255. The fourth-order valence-corrected chi connectivity index (χ4v) is 4.66. The number of hydrogen-bond acceptors (Lipinski definition) is 3. The summed E-state index contributed by atoms with van der Waals surface area (Å²) in [6.07, 6.45) is 9.39. The predicted octanol–water partition coefficient (Wildman–Crippen LogP) is 1.98. The molecule has 4 heteroatoms. The molecule has 2 aliphatic rings. The fourth-order valence-electron chi connectivity index (χ4n) is 3.44. The van der Waals surface area contributed by atoms with Crippen LogP contribution in [0.15, 0.2) is 0 Å². The molecule has 0 amide bonds. The van der Waals surface area contributed by atoms with Crippen molar-refractivity contribution in [2.75, 3.05) is 19.3 Å². The molecule has 3 atom stereocenters. The van der Waals surface area contributed by atoms with E-state index in [2.05, 4.69) is 5.32 Å². The second-order valence-electron chi connectivity index (χ2n) is 5.93. The first kappa shape index (κ1) is 13.3. The van der Waals surface area contributed by atoms with E-state index in [0.29, 0.717) is 5.92 Å². The van der Waals surface area contributed by atoms with Gasteiger partial charge in [-0.2, -0.15) is 0 Å². The number of piperidine rings is 1. The Kier molecular flexibility index (Phi) is 4.47. The minimum atomic E-state index is -2.82. The van der Waals surface area contributed by atoms with Gasteiger partial charge in [-0.15, -0.1) is 0 Å². The average Bonchev–Trinajstić information content (AvgIpc) is 2.29. The van der Waals surface area contributed by atoms with E-state index in [4.69, 9.17) is 0 Å². The molecule has 0 radical (unpaired) electrons. The molecule has 17 heavy (non-hydrogen) atoms. The Hall–Kier alpha value is -0.0900. The van der Waals surface area contributed by atoms with Gasteiger partial charge in [0.25, 0.3) is 0 Å². The van der Waals surface area contributed by atoms with Gasteiger partial charge in [0.2, 0.25) is 0 Å². The van der Waals surface area contributed by atoms with E-state index < -0.39 is 9.84 Å². The zero-order chi connectivity index (χ0) is 12.3. The fraction of sp³-hybridized carbons (Fsp3) is 1.00. The van der Waals surface area contributed by atoms with Crippen molar-refractivity contribution >= 4 is 9.84 Å². The molecular formula is C13H25NO2S. The van der Waals surface area contributed by atoms with Crippen molar-refractivity contribution in [2.45, 2.75) is 50.2 Å². The van der Waals surface area contributed by atoms with Crippen molar-refractivity contribution in [3.05, 3.63) is 0 Å². The van der Waals surface area contributed by atoms with Gasteiger partial charge in [0, 0.05) is 6.26 Å². The molecule has 0 bridgehead atoms. The Labute approximate surface area is 105 Å². The Balaban J connectivity index is 1.84. The minimum absolute atomic E-state index is 0.0576. The van der Waals surface area contributed by atoms with Crippen molar-refractivity contribution in [1.82, 2.24) is 5.32 Å². The topological polar surface area (TPSA) is 46.2 Å². The van der Waals surface area contributed by atoms with Gasteiger partial charge in [-0.05, 0) is 57.0 Å². The van der Waals surface area contributed by atoms with Gasteiger partial charge in [0.05, 0.1) is 5.25 Å². The van der Waals surface area contributed by atoms with Gasteiger partial charge in [-0.25, -0.2) is 8.42 Å². The summed E-state index contributed by atoms with van der Waals surface area (Å²) >= 11 is 0. The van der Waals surface area contributed by atoms with E-state index in [1.165, 1.54) is 31.9 Å². The molecular weight excluding hydrogens is 234 g/mol. The summed E-state index contributed by atoms with van der Waals surface area (Å²) in [7, 11) is -2.82. The average molecular weight is 259 g/mol. The van der Waals surface area contributed by atoms with Crippen LogP contribution in [0.1, 0.15) is 44.9 Å². The summed E-state index contributed by atoms with van der Waals surface area (Å²) in [5, 5.41) is 3.39. The van der Waals surface area contributed by atoms with Crippen LogP contribution in [-0.4, -0.2) is 33.0 Å². The minimum Gasteiger partial charge on any atom is -0.316 e. The lowest BCUT2D eigenvalue weighted by Crippen LogP contribution is -2.33. The summed E-state index contributed by atoms with van der Waals surface area (Å²) in [6.45, 7) is 2.30. The third-order valence-electron chi connectivity index (χ3n) is 4.41. The van der Waals surface area contributed by atoms with E-state index in [0.717, 1.165) is 38.3 Å². The highest BCUT2D eigenvalue weighted by Gasteiger charge is 2.30. The Morgan fingerprint density at radius 3 is 2.53 bits per heavy atom. The van der Waals surface area contributed by atoms with Gasteiger partial charge in [-0.1, -0.05) is 12.8 Å². The van der Waals surface area contributed by atoms with Crippen LogP contribution < -0.4 is 5.32 Å². The predicted molar refractivity (Wildman–Crippen MR) is 70.8 cm³/mol. The maximum atomic E-state index is 11.6. The molecule has 2 fully saturated rings. The summed E-state index contributed by atoms with van der Waals surface area (Å²) in [6, 6.07) is 0. The molecule has 2 rings (SSSR count). The number of rotatable bonds is 3. The molecule has 3 unspecified atom stereocenters. The van der Waals surface area contributed by atoms with Crippen LogP contribution >= 0.6 is 0 Å². The molecule has 0 aromatic carbocycles. The van der Waals surface area contributed by atoms with Gasteiger partial charge < -0.3 is 5.32 Å². The first-order chi connectivity index (χ1) is 8.05. The molecule has 3 nitrogen and oxygen atoms in total. The molecule has 1 aliphatic carbocycles. The van der Waals surface area contributed by atoms with Gasteiger partial charge in [0.1, 0.15) is 9.84 Å². The third-order valence-corrected chi connectivity index (χ3v) is 6.04. The molecule has 1 heterocycles. The quantitative estimate of drug-likeness (QED) is 0.843. The standard InChI is InChI=1S/C13H25NO2S/c1-17(15,16)13-6-2-4-11(9-13)8-12-5-3-7-14-10-12/h11-14H,2-10H2,1H3. The third kappa shape index (κ3) is 3.95. The van der Waals surface area contributed by atoms with Crippen LogP contribution in [0, 0.1) is 11.8 Å². The zero-order valence-electron chi connectivity index (χ0n) is 10.8. The Morgan fingerprint density at radius 2 is 1.88 bits per heavy atom. The van der Waals surface area contributed by atoms with E-state index in [-0.39, 0.29) is 5.25 Å². The highest BCUT2D eigenvalue weighted by atomic mass is 32.2. The maximum absolute atomic E-state index is 11.6. The molecule has 1 saturated heterocycles. The summed E-state index contributed by atoms with van der Waals surface area (Å²) in [4.78, 5) is 0. The van der Waals surface area contributed by atoms with Crippen LogP contribution in [0.4, 0.5) is 0 Å². The molecule has 1 saturated carbocycles. The lowest BCUT2D eigenvalue weighted by Gasteiger charge is -2.32. The zero-order valence-corrected chi connectivity index (χ0v) is 11.6. The molecule has 0 spiro atoms. The highest BCUT2D eigenvalue weighted by molar-refractivity contribution is 7.91. The summed E-state index contributed by atoms with van der Waals surface area (Å²) in [5.41, 5.74) is 0. The number of nitrogens with one attached hydrogen (secondary N) is 1. The first-order valence-electron chi connectivity index (χ1n) is 6.95. The lowest BCUT2D eigenvalue weighted by atomic mass is 9.80. The Bertz CT molecular complexity index is 333. The monoisotopic (exact) mass is 259 g/mol. The SMILES string of the molecule is CS(=O)(=O)C1CCCC(CC2CCCNC2)C1. The van der Waals surface area contributed by atoms with Crippen LogP contribution in [0.5, 0.6) is 0 Å². The van der Waals surface area contributed by atoms with Gasteiger partial charge in [-0.3, -0.25) is 0 Å². The highest BCUT2D eigenvalue weighted by Crippen LogP contribution is 2.33. The van der Waals surface area contributed by atoms with Crippen LogP contribution in [0.3, 0.4) is 0 Å². The molecule has 100 valence electrons. The van der Waals surface area contributed by atoms with E-state index in [1.807, 2.05) is 0 Å². The number of sulfone groups is 1. The van der Waals surface area contributed by atoms with Crippen molar-refractivity contribution in [3.63, 3.8) is 0 Å². The summed E-state index contributed by atoms with van der Waals surface area (Å²) in [5.74, 6) is 1.43. The second kappa shape index (κ2) is 5.70. The van der Waals surface area contributed by atoms with Crippen molar-refractivity contribution in [1.29, 1.82) is 0 Å². The van der Waals surface area contributed by atoms with Crippen molar-refractivity contribution in [3.8, 4) is 0 Å². The van der Waals surface area contributed by atoms with Crippen molar-refractivity contribution in [2.24, 2.45) is 11.8 Å².